The van der Waals surface area contributed by atoms with Crippen molar-refractivity contribution in [3.8, 4) is 0 Å². The van der Waals surface area contributed by atoms with Gasteiger partial charge in [0.05, 0.1) is 12.7 Å². The summed E-state index contributed by atoms with van der Waals surface area (Å²) in [6, 6.07) is 0.637. The molecule has 1 saturated heterocycles. The minimum Gasteiger partial charge on any atom is -0.377 e. The molecular formula is C13H25NO. The van der Waals surface area contributed by atoms with Gasteiger partial charge in [-0.1, -0.05) is 13.3 Å². The second-order valence-corrected chi connectivity index (χ2v) is 5.36. The summed E-state index contributed by atoms with van der Waals surface area (Å²) in [7, 11) is 0. The zero-order chi connectivity index (χ0) is 10.5. The number of ether oxygens (including phenoxy) is 1. The first kappa shape index (κ1) is 11.4. The number of rotatable bonds is 3. The van der Waals surface area contributed by atoms with Gasteiger partial charge in [0.1, 0.15) is 0 Å². The van der Waals surface area contributed by atoms with Crippen LogP contribution >= 0.6 is 0 Å². The van der Waals surface area contributed by atoms with Crippen LogP contribution in [0.1, 0.15) is 51.9 Å². The van der Waals surface area contributed by atoms with E-state index in [-0.39, 0.29) is 0 Å². The largest absolute Gasteiger partial charge is 0.377 e. The SMILES string of the molecule is CC1CCC(OCC2CCCCN2)CC1. The first-order chi connectivity index (χ1) is 7.34. The molecule has 0 aromatic carbocycles. The molecule has 2 nitrogen and oxygen atoms in total. The third kappa shape index (κ3) is 3.76. The Morgan fingerprint density at radius 1 is 1.07 bits per heavy atom. The van der Waals surface area contributed by atoms with Crippen molar-refractivity contribution in [1.29, 1.82) is 0 Å². The van der Waals surface area contributed by atoms with E-state index in [0.717, 1.165) is 12.5 Å². The van der Waals surface area contributed by atoms with E-state index in [2.05, 4.69) is 12.2 Å². The first-order valence-electron chi connectivity index (χ1n) is 6.69. The predicted octanol–water partition coefficient (Wildman–Crippen LogP) is 2.72. The summed E-state index contributed by atoms with van der Waals surface area (Å²) in [4.78, 5) is 0. The lowest BCUT2D eigenvalue weighted by molar-refractivity contribution is 0.00496. The van der Waals surface area contributed by atoms with E-state index in [1.165, 1.54) is 51.5 Å². The molecule has 2 aliphatic rings. The zero-order valence-corrected chi connectivity index (χ0v) is 10.0. The summed E-state index contributed by atoms with van der Waals surface area (Å²) in [6.07, 6.45) is 9.89. The van der Waals surface area contributed by atoms with Crippen molar-refractivity contribution >= 4 is 0 Å². The van der Waals surface area contributed by atoms with Gasteiger partial charge in [0.15, 0.2) is 0 Å². The molecule has 0 bridgehead atoms. The molecule has 1 heterocycles. The van der Waals surface area contributed by atoms with Gasteiger partial charge in [0.25, 0.3) is 0 Å². The normalized spacial score (nSPS) is 37.8. The van der Waals surface area contributed by atoms with Crippen LogP contribution in [-0.4, -0.2) is 25.3 Å². The molecule has 2 heteroatoms. The molecule has 1 saturated carbocycles. The zero-order valence-electron chi connectivity index (χ0n) is 10.0. The molecule has 0 aromatic rings. The highest BCUT2D eigenvalue weighted by Gasteiger charge is 2.20. The van der Waals surface area contributed by atoms with Crippen LogP contribution in [-0.2, 0) is 4.74 Å². The summed E-state index contributed by atoms with van der Waals surface area (Å²) in [6.45, 7) is 4.49. The maximum Gasteiger partial charge on any atom is 0.0623 e. The minimum absolute atomic E-state index is 0.560. The van der Waals surface area contributed by atoms with Crippen LogP contribution in [0, 0.1) is 5.92 Å². The van der Waals surface area contributed by atoms with E-state index < -0.39 is 0 Å². The summed E-state index contributed by atoms with van der Waals surface area (Å²) in [5, 5.41) is 3.54. The maximum absolute atomic E-state index is 6.01. The molecule has 1 unspecified atom stereocenters. The third-order valence-corrected chi connectivity index (χ3v) is 3.91. The van der Waals surface area contributed by atoms with Crippen molar-refractivity contribution in [2.45, 2.75) is 64.0 Å². The number of nitrogens with one attached hydrogen (secondary N) is 1. The Labute approximate surface area is 93.8 Å². The fourth-order valence-corrected chi connectivity index (χ4v) is 2.71. The average molecular weight is 211 g/mol. The highest BCUT2D eigenvalue weighted by atomic mass is 16.5. The van der Waals surface area contributed by atoms with Gasteiger partial charge in [-0.05, 0) is 51.0 Å². The average Bonchev–Trinajstić information content (AvgIpc) is 2.30. The highest BCUT2D eigenvalue weighted by Crippen LogP contribution is 2.25. The van der Waals surface area contributed by atoms with Crippen molar-refractivity contribution in [2.24, 2.45) is 5.92 Å². The Balaban J connectivity index is 1.60. The van der Waals surface area contributed by atoms with Crippen LogP contribution in [0.5, 0.6) is 0 Å². The molecular weight excluding hydrogens is 186 g/mol. The second-order valence-electron chi connectivity index (χ2n) is 5.36. The number of hydrogen-bond acceptors (Lipinski definition) is 2. The van der Waals surface area contributed by atoms with Gasteiger partial charge in [0, 0.05) is 6.04 Å². The van der Waals surface area contributed by atoms with Crippen molar-refractivity contribution in [1.82, 2.24) is 5.32 Å². The lowest BCUT2D eigenvalue weighted by Gasteiger charge is -2.29. The van der Waals surface area contributed by atoms with Crippen LogP contribution < -0.4 is 5.32 Å². The molecule has 1 aliphatic heterocycles. The molecule has 1 aliphatic carbocycles. The number of hydrogen-bond donors (Lipinski definition) is 1. The Morgan fingerprint density at radius 3 is 2.53 bits per heavy atom. The summed E-state index contributed by atoms with van der Waals surface area (Å²) < 4.78 is 6.01. The minimum atomic E-state index is 0.560. The molecule has 2 fully saturated rings. The Bertz CT molecular complexity index is 169. The van der Waals surface area contributed by atoms with Gasteiger partial charge in [-0.3, -0.25) is 0 Å². The van der Waals surface area contributed by atoms with E-state index in [9.17, 15) is 0 Å². The van der Waals surface area contributed by atoms with Crippen LogP contribution in [0.15, 0.2) is 0 Å². The quantitative estimate of drug-likeness (QED) is 0.775. The molecule has 15 heavy (non-hydrogen) atoms. The van der Waals surface area contributed by atoms with Crippen molar-refractivity contribution < 1.29 is 4.74 Å². The van der Waals surface area contributed by atoms with Crippen molar-refractivity contribution in [3.63, 3.8) is 0 Å². The fraction of sp³-hybridized carbons (Fsp3) is 1.00. The van der Waals surface area contributed by atoms with Gasteiger partial charge in [-0.25, -0.2) is 0 Å². The van der Waals surface area contributed by atoms with E-state index in [1.54, 1.807) is 0 Å². The lowest BCUT2D eigenvalue weighted by atomic mass is 9.89. The second kappa shape index (κ2) is 5.86. The van der Waals surface area contributed by atoms with Gasteiger partial charge >= 0.3 is 0 Å². The van der Waals surface area contributed by atoms with Crippen LogP contribution in [0.4, 0.5) is 0 Å². The highest BCUT2D eigenvalue weighted by molar-refractivity contribution is 4.74. The van der Waals surface area contributed by atoms with Crippen LogP contribution in [0.3, 0.4) is 0 Å². The standard InChI is InChI=1S/C13H25NO/c1-11-5-7-13(8-6-11)15-10-12-4-2-3-9-14-12/h11-14H,2-10H2,1H3. The molecule has 2 rings (SSSR count). The Hall–Kier alpha value is -0.0800. The maximum atomic E-state index is 6.01. The monoisotopic (exact) mass is 211 g/mol. The van der Waals surface area contributed by atoms with Crippen LogP contribution in [0.25, 0.3) is 0 Å². The van der Waals surface area contributed by atoms with E-state index in [0.29, 0.717) is 12.1 Å². The summed E-state index contributed by atoms with van der Waals surface area (Å²) in [5.41, 5.74) is 0. The van der Waals surface area contributed by atoms with E-state index in [4.69, 9.17) is 4.74 Å². The molecule has 1 N–H and O–H groups in total. The third-order valence-electron chi connectivity index (χ3n) is 3.91. The molecule has 88 valence electrons. The summed E-state index contributed by atoms with van der Waals surface area (Å²) >= 11 is 0. The molecule has 1 atom stereocenters. The Kier molecular flexibility index (Phi) is 4.45. The van der Waals surface area contributed by atoms with E-state index in [1.807, 2.05) is 0 Å². The number of piperidine rings is 1. The molecule has 0 radical (unpaired) electrons. The van der Waals surface area contributed by atoms with Crippen molar-refractivity contribution in [3.05, 3.63) is 0 Å². The topological polar surface area (TPSA) is 21.3 Å². The molecule has 0 amide bonds. The van der Waals surface area contributed by atoms with Gasteiger partial charge in [0.2, 0.25) is 0 Å². The van der Waals surface area contributed by atoms with Crippen LogP contribution in [0.2, 0.25) is 0 Å². The molecule has 0 aromatic heterocycles. The fourth-order valence-electron chi connectivity index (χ4n) is 2.71. The summed E-state index contributed by atoms with van der Waals surface area (Å²) in [5.74, 6) is 0.928. The van der Waals surface area contributed by atoms with Crippen molar-refractivity contribution in [2.75, 3.05) is 13.2 Å². The predicted molar refractivity (Wildman–Crippen MR) is 63.0 cm³/mol. The van der Waals surface area contributed by atoms with Gasteiger partial charge in [-0.15, -0.1) is 0 Å². The lowest BCUT2D eigenvalue weighted by Crippen LogP contribution is -2.39. The van der Waals surface area contributed by atoms with E-state index >= 15 is 0 Å². The first-order valence-corrected chi connectivity index (χ1v) is 6.69. The molecule has 0 spiro atoms. The van der Waals surface area contributed by atoms with Gasteiger partial charge in [-0.2, -0.15) is 0 Å². The smallest absolute Gasteiger partial charge is 0.0623 e. The Morgan fingerprint density at radius 2 is 1.87 bits per heavy atom. The van der Waals surface area contributed by atoms with Gasteiger partial charge < -0.3 is 10.1 Å².